The van der Waals surface area contributed by atoms with Crippen molar-refractivity contribution in [1.82, 2.24) is 3.11 Å². The minimum absolute atomic E-state index is 0.581. The van der Waals surface area contributed by atoms with Gasteiger partial charge in [0.25, 0.3) is 0 Å². The number of hydrogen-bond acceptors (Lipinski definition) is 3. The average molecular weight is 275 g/mol. The highest BCUT2D eigenvalue weighted by atomic mass is 127. The van der Waals surface area contributed by atoms with Crippen LogP contribution < -0.4 is 0 Å². The van der Waals surface area contributed by atoms with E-state index in [2.05, 4.69) is 39.9 Å². The quantitative estimate of drug-likeness (QED) is 0.331. The molecular weight excluding hydrogens is 261 g/mol. The standard InChI is InChI=1S/C6H14INOS/c1-4-9-10-5-6(2)8(3)7/h6H,4-5H2,1-3H3. The molecule has 0 bridgehead atoms. The molecule has 1 atom stereocenters. The molecule has 0 saturated heterocycles. The third kappa shape index (κ3) is 5.76. The molecule has 0 spiro atoms. The van der Waals surface area contributed by atoms with Gasteiger partial charge in [0.15, 0.2) is 0 Å². The van der Waals surface area contributed by atoms with Crippen LogP contribution in [0.25, 0.3) is 0 Å². The fourth-order valence-corrected chi connectivity index (χ4v) is 1.48. The smallest absolute Gasteiger partial charge is 0.0585 e. The molecule has 0 aliphatic heterocycles. The van der Waals surface area contributed by atoms with E-state index in [0.29, 0.717) is 6.04 Å². The molecule has 0 aromatic carbocycles. The highest BCUT2D eigenvalue weighted by Gasteiger charge is 2.04. The lowest BCUT2D eigenvalue weighted by molar-refractivity contribution is 0.396. The second kappa shape index (κ2) is 6.69. The van der Waals surface area contributed by atoms with Crippen LogP contribution in [0.2, 0.25) is 0 Å². The Morgan fingerprint density at radius 1 is 1.70 bits per heavy atom. The van der Waals surface area contributed by atoms with Crippen LogP contribution in [0, 0.1) is 0 Å². The lowest BCUT2D eigenvalue weighted by Crippen LogP contribution is -2.21. The Labute approximate surface area is 81.4 Å². The molecule has 0 fully saturated rings. The van der Waals surface area contributed by atoms with Crippen molar-refractivity contribution < 1.29 is 4.18 Å². The van der Waals surface area contributed by atoms with Crippen LogP contribution in [-0.4, -0.2) is 28.6 Å². The predicted molar refractivity (Wildman–Crippen MR) is 55.3 cm³/mol. The van der Waals surface area contributed by atoms with Gasteiger partial charge in [0.1, 0.15) is 0 Å². The van der Waals surface area contributed by atoms with Crippen LogP contribution in [0.15, 0.2) is 0 Å². The molecule has 0 radical (unpaired) electrons. The topological polar surface area (TPSA) is 12.5 Å². The largest absolute Gasteiger partial charge is 0.316 e. The van der Waals surface area contributed by atoms with Crippen molar-refractivity contribution >= 4 is 34.9 Å². The molecule has 0 N–H and O–H groups in total. The first kappa shape index (κ1) is 11.0. The van der Waals surface area contributed by atoms with Gasteiger partial charge in [0, 0.05) is 34.7 Å². The molecule has 0 aromatic rings. The van der Waals surface area contributed by atoms with Crippen LogP contribution in [0.1, 0.15) is 13.8 Å². The number of hydrogen-bond donors (Lipinski definition) is 0. The third-order valence-electron chi connectivity index (χ3n) is 1.12. The molecule has 0 aromatic heterocycles. The summed E-state index contributed by atoms with van der Waals surface area (Å²) in [7, 11) is 2.07. The van der Waals surface area contributed by atoms with E-state index in [0.717, 1.165) is 12.4 Å². The maximum Gasteiger partial charge on any atom is 0.0585 e. The molecule has 0 aliphatic carbocycles. The fourth-order valence-electron chi connectivity index (χ4n) is 0.333. The summed E-state index contributed by atoms with van der Waals surface area (Å²) in [5, 5.41) is 0. The highest BCUT2D eigenvalue weighted by Crippen LogP contribution is 2.10. The van der Waals surface area contributed by atoms with Gasteiger partial charge in [-0.1, -0.05) is 0 Å². The van der Waals surface area contributed by atoms with Gasteiger partial charge in [-0.3, -0.25) is 0 Å². The van der Waals surface area contributed by atoms with Crippen molar-refractivity contribution in [3.63, 3.8) is 0 Å². The summed E-state index contributed by atoms with van der Waals surface area (Å²) in [5.41, 5.74) is 0. The van der Waals surface area contributed by atoms with Crippen LogP contribution in [0.3, 0.4) is 0 Å². The van der Waals surface area contributed by atoms with Crippen molar-refractivity contribution in [3.8, 4) is 0 Å². The zero-order chi connectivity index (χ0) is 7.98. The second-order valence-corrected chi connectivity index (χ2v) is 4.39. The molecule has 0 aliphatic rings. The molecule has 0 saturated carbocycles. The average Bonchev–Trinajstić information content (AvgIpc) is 1.88. The summed E-state index contributed by atoms with van der Waals surface area (Å²) in [6.45, 7) is 4.98. The normalized spacial score (nSPS) is 14.1. The Hall–Kier alpha value is 1.00. The lowest BCUT2D eigenvalue weighted by atomic mass is 10.4. The number of rotatable bonds is 5. The van der Waals surface area contributed by atoms with Crippen molar-refractivity contribution in [2.75, 3.05) is 19.4 Å². The molecule has 0 amide bonds. The Morgan fingerprint density at radius 2 is 2.30 bits per heavy atom. The second-order valence-electron chi connectivity index (χ2n) is 2.06. The van der Waals surface area contributed by atoms with E-state index in [1.807, 2.05) is 6.92 Å². The summed E-state index contributed by atoms with van der Waals surface area (Å²) in [6.07, 6.45) is 0. The summed E-state index contributed by atoms with van der Waals surface area (Å²) in [5.74, 6) is 1.04. The lowest BCUT2D eigenvalue weighted by Gasteiger charge is -2.15. The zero-order valence-electron chi connectivity index (χ0n) is 6.63. The number of halogens is 1. The summed E-state index contributed by atoms with van der Waals surface area (Å²) in [4.78, 5) is 0. The van der Waals surface area contributed by atoms with Gasteiger partial charge < -0.3 is 4.18 Å². The first-order chi connectivity index (χ1) is 4.68. The van der Waals surface area contributed by atoms with E-state index in [4.69, 9.17) is 4.18 Å². The van der Waals surface area contributed by atoms with E-state index in [-0.39, 0.29) is 0 Å². The zero-order valence-corrected chi connectivity index (χ0v) is 9.61. The van der Waals surface area contributed by atoms with Gasteiger partial charge in [-0.2, -0.15) is 0 Å². The molecule has 0 heterocycles. The summed E-state index contributed by atoms with van der Waals surface area (Å²) < 4.78 is 7.30. The first-order valence-electron chi connectivity index (χ1n) is 3.31. The summed E-state index contributed by atoms with van der Waals surface area (Å²) in [6, 6.07) is 0.581. The third-order valence-corrected chi connectivity index (χ3v) is 3.09. The van der Waals surface area contributed by atoms with Gasteiger partial charge in [0.2, 0.25) is 0 Å². The maximum absolute atomic E-state index is 5.14. The molecule has 1 unspecified atom stereocenters. The molecule has 4 heteroatoms. The van der Waals surface area contributed by atoms with Gasteiger partial charge in [0.05, 0.1) is 6.61 Å². The molecule has 10 heavy (non-hydrogen) atoms. The van der Waals surface area contributed by atoms with E-state index in [1.54, 1.807) is 12.0 Å². The monoisotopic (exact) mass is 275 g/mol. The van der Waals surface area contributed by atoms with Crippen LogP contribution >= 0.6 is 34.9 Å². The molecule has 2 nitrogen and oxygen atoms in total. The number of nitrogens with zero attached hydrogens (tertiary/aromatic N) is 1. The molecule has 0 rings (SSSR count). The minimum Gasteiger partial charge on any atom is -0.316 e. The highest BCUT2D eigenvalue weighted by molar-refractivity contribution is 14.1. The van der Waals surface area contributed by atoms with Crippen LogP contribution in [0.4, 0.5) is 0 Å². The fraction of sp³-hybridized carbons (Fsp3) is 1.00. The Morgan fingerprint density at radius 3 is 2.70 bits per heavy atom. The Balaban J connectivity index is 3.13. The van der Waals surface area contributed by atoms with Gasteiger partial charge in [-0.05, 0) is 32.9 Å². The Kier molecular flexibility index (Phi) is 7.36. The maximum atomic E-state index is 5.14. The SMILES string of the molecule is CCOSCC(C)N(C)I. The van der Waals surface area contributed by atoms with Crippen molar-refractivity contribution in [3.05, 3.63) is 0 Å². The molecular formula is C6H14INOS. The van der Waals surface area contributed by atoms with Crippen LogP contribution in [0.5, 0.6) is 0 Å². The van der Waals surface area contributed by atoms with E-state index in [1.165, 1.54) is 0 Å². The molecule has 62 valence electrons. The van der Waals surface area contributed by atoms with Gasteiger partial charge in [-0.25, -0.2) is 3.11 Å². The van der Waals surface area contributed by atoms with Crippen molar-refractivity contribution in [1.29, 1.82) is 0 Å². The van der Waals surface area contributed by atoms with Crippen molar-refractivity contribution in [2.45, 2.75) is 19.9 Å². The minimum atomic E-state index is 0.581. The van der Waals surface area contributed by atoms with Gasteiger partial charge in [-0.15, -0.1) is 0 Å². The first-order valence-corrected chi connectivity index (χ1v) is 5.19. The van der Waals surface area contributed by atoms with Gasteiger partial charge >= 0.3 is 0 Å². The Bertz CT molecular complexity index is 82.1. The summed E-state index contributed by atoms with van der Waals surface area (Å²) >= 11 is 3.83. The van der Waals surface area contributed by atoms with Crippen molar-refractivity contribution in [2.24, 2.45) is 0 Å². The van der Waals surface area contributed by atoms with E-state index < -0.39 is 0 Å². The predicted octanol–water partition coefficient (Wildman–Crippen LogP) is 2.34. The van der Waals surface area contributed by atoms with E-state index >= 15 is 0 Å². The van der Waals surface area contributed by atoms with Crippen LogP contribution in [-0.2, 0) is 4.18 Å². The van der Waals surface area contributed by atoms with E-state index in [9.17, 15) is 0 Å².